The largest absolute Gasteiger partial charge is 0.490 e. The van der Waals surface area contributed by atoms with Crippen LogP contribution >= 0.6 is 0 Å². The van der Waals surface area contributed by atoms with Crippen LogP contribution in [-0.2, 0) is 15.1 Å². The average Bonchev–Trinajstić information content (AvgIpc) is 2.19. The first-order valence-corrected chi connectivity index (χ1v) is 4.48. The van der Waals surface area contributed by atoms with Crippen LogP contribution in [0.2, 0.25) is 0 Å². The van der Waals surface area contributed by atoms with Crippen LogP contribution in [-0.4, -0.2) is 10.8 Å². The summed E-state index contributed by atoms with van der Waals surface area (Å²) in [6.07, 6.45) is 6.71. The van der Waals surface area contributed by atoms with Crippen molar-refractivity contribution >= 4 is 5.78 Å². The molecule has 0 saturated carbocycles. The van der Waals surface area contributed by atoms with Gasteiger partial charge in [-0.15, -0.1) is 0 Å². The lowest BCUT2D eigenvalue weighted by Gasteiger charge is -2.30. The van der Waals surface area contributed by atoms with Gasteiger partial charge in [-0.2, -0.15) is 0 Å². The van der Waals surface area contributed by atoms with Crippen LogP contribution in [0.25, 0.3) is 0 Å². The third-order valence-electron chi connectivity index (χ3n) is 2.37. The molecule has 72 valence electrons. The summed E-state index contributed by atoms with van der Waals surface area (Å²) in [5, 5.41) is 0. The smallest absolute Gasteiger partial charge is 0.163 e. The quantitative estimate of drug-likeness (QED) is 0.676. The molecule has 0 radical (unpaired) electrons. The van der Waals surface area contributed by atoms with Gasteiger partial charge in [0.25, 0.3) is 0 Å². The van der Waals surface area contributed by atoms with Gasteiger partial charge in [0.15, 0.2) is 5.78 Å². The fourth-order valence-electron chi connectivity index (χ4n) is 1.54. The van der Waals surface area contributed by atoms with E-state index in [-0.39, 0.29) is 5.78 Å². The Morgan fingerprint density at radius 2 is 2.43 bits per heavy atom. The van der Waals surface area contributed by atoms with Crippen molar-refractivity contribution in [1.29, 1.82) is 0 Å². The van der Waals surface area contributed by atoms with E-state index in [1.54, 1.807) is 12.4 Å². The van der Waals surface area contributed by atoms with Crippen LogP contribution in [0.5, 0.6) is 0 Å². The second-order valence-electron chi connectivity index (χ2n) is 3.54. The van der Waals surface area contributed by atoms with Crippen molar-refractivity contribution in [1.82, 2.24) is 4.98 Å². The first-order valence-electron chi connectivity index (χ1n) is 4.48. The summed E-state index contributed by atoms with van der Waals surface area (Å²) in [6.45, 7) is 1.89. The second kappa shape index (κ2) is 3.25. The van der Waals surface area contributed by atoms with Crippen molar-refractivity contribution in [3.63, 3.8) is 0 Å². The molecule has 1 unspecified atom stereocenters. The second-order valence-corrected chi connectivity index (χ2v) is 3.54. The molecule has 3 heteroatoms. The molecule has 14 heavy (non-hydrogen) atoms. The number of hydrogen-bond donors (Lipinski definition) is 0. The predicted octanol–water partition coefficient (Wildman–Crippen LogP) is 1.80. The molecule has 0 bridgehead atoms. The van der Waals surface area contributed by atoms with E-state index in [0.717, 1.165) is 5.56 Å². The van der Waals surface area contributed by atoms with Crippen molar-refractivity contribution < 1.29 is 9.53 Å². The molecular weight excluding hydrogens is 178 g/mol. The summed E-state index contributed by atoms with van der Waals surface area (Å²) in [5.74, 6) is 0.0857. The average molecular weight is 189 g/mol. The van der Waals surface area contributed by atoms with Crippen LogP contribution in [0.1, 0.15) is 18.9 Å². The summed E-state index contributed by atoms with van der Waals surface area (Å²) in [4.78, 5) is 15.3. The monoisotopic (exact) mass is 189 g/mol. The van der Waals surface area contributed by atoms with Crippen molar-refractivity contribution in [3.8, 4) is 0 Å². The molecule has 0 fully saturated rings. The van der Waals surface area contributed by atoms with Gasteiger partial charge in [-0.25, -0.2) is 0 Å². The number of rotatable bonds is 1. The molecule has 1 aromatic rings. The number of ether oxygens (including phenoxy) is 1. The molecule has 1 aliphatic heterocycles. The lowest BCUT2D eigenvalue weighted by molar-refractivity contribution is -0.122. The number of allylic oxidation sites excluding steroid dienone is 1. The Kier molecular flexibility index (Phi) is 2.08. The first kappa shape index (κ1) is 8.94. The molecule has 1 aliphatic rings. The van der Waals surface area contributed by atoms with Gasteiger partial charge in [-0.3, -0.25) is 9.78 Å². The van der Waals surface area contributed by atoms with E-state index < -0.39 is 5.60 Å². The van der Waals surface area contributed by atoms with Crippen molar-refractivity contribution in [2.75, 3.05) is 0 Å². The third kappa shape index (κ3) is 1.53. The predicted molar refractivity (Wildman–Crippen MR) is 51.4 cm³/mol. The molecule has 0 spiro atoms. The lowest BCUT2D eigenvalue weighted by atomic mass is 9.90. The fourth-order valence-corrected chi connectivity index (χ4v) is 1.54. The van der Waals surface area contributed by atoms with Crippen LogP contribution in [0.15, 0.2) is 36.9 Å². The maximum atomic E-state index is 11.3. The van der Waals surface area contributed by atoms with E-state index in [1.165, 1.54) is 12.3 Å². The van der Waals surface area contributed by atoms with Crippen molar-refractivity contribution in [2.24, 2.45) is 0 Å². The molecule has 3 nitrogen and oxygen atoms in total. The van der Waals surface area contributed by atoms with Gasteiger partial charge in [0, 0.05) is 24.0 Å². The number of carbonyl (C=O) groups is 1. The Morgan fingerprint density at radius 3 is 3.07 bits per heavy atom. The van der Waals surface area contributed by atoms with E-state index >= 15 is 0 Å². The summed E-state index contributed by atoms with van der Waals surface area (Å²) < 4.78 is 5.48. The highest BCUT2D eigenvalue weighted by Crippen LogP contribution is 2.31. The lowest BCUT2D eigenvalue weighted by Crippen LogP contribution is -2.29. The minimum atomic E-state index is -0.555. The van der Waals surface area contributed by atoms with Gasteiger partial charge in [-0.1, -0.05) is 6.07 Å². The molecular formula is C11H11NO2. The van der Waals surface area contributed by atoms with Gasteiger partial charge >= 0.3 is 0 Å². The zero-order valence-electron chi connectivity index (χ0n) is 7.93. The topological polar surface area (TPSA) is 39.2 Å². The maximum absolute atomic E-state index is 11.3. The Bertz CT molecular complexity index is 372. The van der Waals surface area contributed by atoms with Crippen LogP contribution < -0.4 is 0 Å². The number of hydrogen-bond acceptors (Lipinski definition) is 3. The van der Waals surface area contributed by atoms with Crippen LogP contribution in [0.4, 0.5) is 0 Å². The zero-order valence-corrected chi connectivity index (χ0v) is 7.93. The van der Waals surface area contributed by atoms with E-state index in [9.17, 15) is 4.79 Å². The summed E-state index contributed by atoms with van der Waals surface area (Å²) >= 11 is 0. The minimum absolute atomic E-state index is 0.0857. The number of pyridine rings is 1. The van der Waals surface area contributed by atoms with E-state index in [2.05, 4.69) is 4.98 Å². The SMILES string of the molecule is CC1(c2cccnc2)CC(=O)C=CO1. The number of aromatic nitrogens is 1. The minimum Gasteiger partial charge on any atom is -0.490 e. The summed E-state index contributed by atoms with van der Waals surface area (Å²) in [7, 11) is 0. The Balaban J connectivity index is 2.34. The Labute approximate surface area is 82.4 Å². The number of carbonyl (C=O) groups excluding carboxylic acids is 1. The van der Waals surface area contributed by atoms with Crippen molar-refractivity contribution in [2.45, 2.75) is 18.9 Å². The molecule has 1 atom stereocenters. The standard InChI is InChI=1S/C11H11NO2/c1-11(7-10(13)4-6-14-11)9-3-2-5-12-8-9/h2-6,8H,7H2,1H3. The van der Waals surface area contributed by atoms with Gasteiger partial charge < -0.3 is 4.74 Å². The zero-order chi connectivity index (χ0) is 10.0. The third-order valence-corrected chi connectivity index (χ3v) is 2.37. The van der Waals surface area contributed by atoms with Gasteiger partial charge in [0.1, 0.15) is 5.60 Å². The highest BCUT2D eigenvalue weighted by Gasteiger charge is 2.32. The van der Waals surface area contributed by atoms with Crippen LogP contribution in [0, 0.1) is 0 Å². The molecule has 1 aromatic heterocycles. The molecule has 2 heterocycles. The van der Waals surface area contributed by atoms with Gasteiger partial charge in [0.05, 0.1) is 12.7 Å². The van der Waals surface area contributed by atoms with E-state index in [4.69, 9.17) is 4.74 Å². The molecule has 2 rings (SSSR count). The molecule has 0 amide bonds. The molecule has 0 aromatic carbocycles. The summed E-state index contributed by atoms with van der Waals surface area (Å²) in [6, 6.07) is 3.76. The Hall–Kier alpha value is -1.64. The fraction of sp³-hybridized carbons (Fsp3) is 0.273. The Morgan fingerprint density at radius 1 is 1.57 bits per heavy atom. The highest BCUT2D eigenvalue weighted by molar-refractivity contribution is 5.90. The van der Waals surface area contributed by atoms with Crippen molar-refractivity contribution in [3.05, 3.63) is 42.4 Å². The van der Waals surface area contributed by atoms with Crippen LogP contribution in [0.3, 0.4) is 0 Å². The van der Waals surface area contributed by atoms with E-state index in [0.29, 0.717) is 6.42 Å². The maximum Gasteiger partial charge on any atom is 0.163 e. The molecule has 0 saturated heterocycles. The normalized spacial score (nSPS) is 25.9. The first-order chi connectivity index (χ1) is 6.71. The number of nitrogens with zero attached hydrogens (tertiary/aromatic N) is 1. The van der Waals surface area contributed by atoms with E-state index in [1.807, 2.05) is 19.1 Å². The molecule has 0 N–H and O–H groups in total. The van der Waals surface area contributed by atoms with Gasteiger partial charge in [-0.05, 0) is 13.0 Å². The summed E-state index contributed by atoms with van der Waals surface area (Å²) in [5.41, 5.74) is 0.373. The van der Waals surface area contributed by atoms with Gasteiger partial charge in [0.2, 0.25) is 0 Å². The molecule has 0 aliphatic carbocycles. The highest BCUT2D eigenvalue weighted by atomic mass is 16.5. The number of ketones is 1.